The molecule has 0 aromatic carbocycles. The molecule has 0 unspecified atom stereocenters. The van der Waals surface area contributed by atoms with E-state index in [1.54, 1.807) is 0 Å². The van der Waals surface area contributed by atoms with E-state index in [0.29, 0.717) is 11.2 Å². The molecule has 0 radical (unpaired) electrons. The van der Waals surface area contributed by atoms with Gasteiger partial charge in [0.05, 0.1) is 0 Å². The fourth-order valence-corrected chi connectivity index (χ4v) is 1.77. The third kappa shape index (κ3) is 2.81. The van der Waals surface area contributed by atoms with Gasteiger partial charge in [-0.3, -0.25) is 0 Å². The smallest absolute Gasteiger partial charge is 0.134 e. The molecule has 2 rings (SSSR count). The summed E-state index contributed by atoms with van der Waals surface area (Å²) in [6.45, 7) is 5.45. The lowest BCUT2D eigenvalue weighted by atomic mass is 10.2. The summed E-state index contributed by atoms with van der Waals surface area (Å²) in [6.07, 6.45) is 4.23. The molecule has 0 spiro atoms. The highest BCUT2D eigenvalue weighted by Gasteiger charge is 2.26. The highest BCUT2D eigenvalue weighted by atomic mass is 35.5. The predicted molar refractivity (Wildman–Crippen MR) is 62.2 cm³/mol. The van der Waals surface area contributed by atoms with E-state index in [1.165, 1.54) is 19.2 Å². The number of hydrogen-bond acceptors (Lipinski definition) is 3. The Morgan fingerprint density at radius 1 is 1.47 bits per heavy atom. The van der Waals surface area contributed by atoms with Crippen LogP contribution in [0.4, 0.5) is 5.82 Å². The summed E-state index contributed by atoms with van der Waals surface area (Å²) in [4.78, 5) is 10.5. The van der Waals surface area contributed by atoms with Crippen molar-refractivity contribution in [3.05, 3.63) is 17.5 Å². The van der Waals surface area contributed by atoms with E-state index >= 15 is 0 Å². The molecule has 0 N–H and O–H groups in total. The van der Waals surface area contributed by atoms with Crippen molar-refractivity contribution in [1.82, 2.24) is 9.97 Å². The summed E-state index contributed by atoms with van der Waals surface area (Å²) < 4.78 is 0. The maximum absolute atomic E-state index is 5.87. The van der Waals surface area contributed by atoms with E-state index in [1.807, 2.05) is 6.07 Å². The van der Waals surface area contributed by atoms with Gasteiger partial charge >= 0.3 is 0 Å². The molecule has 0 saturated heterocycles. The molecule has 4 heteroatoms. The number of nitrogens with zero attached hydrogens (tertiary/aromatic N) is 3. The third-order valence-corrected chi connectivity index (χ3v) is 2.90. The molecule has 1 aromatic rings. The molecular weight excluding hydrogens is 210 g/mol. The second kappa shape index (κ2) is 4.35. The molecule has 0 bridgehead atoms. The van der Waals surface area contributed by atoms with Crippen molar-refractivity contribution < 1.29 is 0 Å². The highest BCUT2D eigenvalue weighted by molar-refractivity contribution is 6.29. The average molecular weight is 226 g/mol. The minimum Gasteiger partial charge on any atom is -0.354 e. The summed E-state index contributed by atoms with van der Waals surface area (Å²) in [7, 11) is 0. The van der Waals surface area contributed by atoms with Gasteiger partial charge in [0.15, 0.2) is 0 Å². The van der Waals surface area contributed by atoms with Gasteiger partial charge in [0, 0.05) is 18.7 Å². The minimum atomic E-state index is 0.455. The molecule has 1 fully saturated rings. The Labute approximate surface area is 95.5 Å². The summed E-state index contributed by atoms with van der Waals surface area (Å²) >= 11 is 5.87. The van der Waals surface area contributed by atoms with Gasteiger partial charge in [-0.1, -0.05) is 11.6 Å². The largest absolute Gasteiger partial charge is 0.354 e. The van der Waals surface area contributed by atoms with Crippen LogP contribution < -0.4 is 4.90 Å². The first-order chi connectivity index (χ1) is 7.16. The number of halogens is 1. The van der Waals surface area contributed by atoms with Gasteiger partial charge in [0.25, 0.3) is 0 Å². The lowest BCUT2D eigenvalue weighted by Gasteiger charge is -2.27. The predicted octanol–water partition coefficient (Wildman–Crippen LogP) is 2.75. The third-order valence-electron chi connectivity index (χ3n) is 2.69. The maximum Gasteiger partial charge on any atom is 0.134 e. The van der Waals surface area contributed by atoms with Crippen LogP contribution >= 0.6 is 11.6 Å². The number of hydrogen-bond donors (Lipinski definition) is 0. The fraction of sp³-hybridized carbons (Fsp3) is 0.636. The van der Waals surface area contributed by atoms with Crippen molar-refractivity contribution in [3.63, 3.8) is 0 Å². The summed E-state index contributed by atoms with van der Waals surface area (Å²) in [6, 6.07) is 2.29. The van der Waals surface area contributed by atoms with Crippen LogP contribution in [0, 0.1) is 5.92 Å². The first-order valence-electron chi connectivity index (χ1n) is 5.41. The first-order valence-corrected chi connectivity index (χ1v) is 5.79. The van der Waals surface area contributed by atoms with Crippen molar-refractivity contribution in [2.24, 2.45) is 5.92 Å². The van der Waals surface area contributed by atoms with E-state index in [2.05, 4.69) is 28.7 Å². The monoisotopic (exact) mass is 225 g/mol. The topological polar surface area (TPSA) is 29.0 Å². The molecule has 82 valence electrons. The van der Waals surface area contributed by atoms with Gasteiger partial charge in [-0.2, -0.15) is 0 Å². The van der Waals surface area contributed by atoms with Crippen molar-refractivity contribution in [2.45, 2.75) is 32.7 Å². The van der Waals surface area contributed by atoms with E-state index in [-0.39, 0.29) is 0 Å². The zero-order valence-electron chi connectivity index (χ0n) is 9.15. The van der Waals surface area contributed by atoms with Crippen molar-refractivity contribution >= 4 is 17.4 Å². The molecule has 1 aliphatic carbocycles. The van der Waals surface area contributed by atoms with Crippen LogP contribution in [-0.4, -0.2) is 22.6 Å². The zero-order valence-corrected chi connectivity index (χ0v) is 9.91. The van der Waals surface area contributed by atoms with Crippen LogP contribution in [0.15, 0.2) is 12.4 Å². The van der Waals surface area contributed by atoms with Crippen molar-refractivity contribution in [3.8, 4) is 0 Å². The molecule has 0 amide bonds. The number of rotatable bonds is 4. The molecule has 15 heavy (non-hydrogen) atoms. The zero-order chi connectivity index (χ0) is 10.8. The van der Waals surface area contributed by atoms with Gasteiger partial charge in [-0.05, 0) is 32.6 Å². The molecule has 1 aliphatic rings. The minimum absolute atomic E-state index is 0.455. The Kier molecular flexibility index (Phi) is 3.10. The van der Waals surface area contributed by atoms with Gasteiger partial charge in [0.1, 0.15) is 17.3 Å². The Morgan fingerprint density at radius 3 is 2.73 bits per heavy atom. The quantitative estimate of drug-likeness (QED) is 0.738. The maximum atomic E-state index is 5.87. The van der Waals surface area contributed by atoms with Crippen LogP contribution in [0.3, 0.4) is 0 Å². The van der Waals surface area contributed by atoms with Crippen molar-refractivity contribution in [1.29, 1.82) is 0 Å². The Hall–Kier alpha value is -0.830. The second-order valence-corrected chi connectivity index (χ2v) is 4.78. The van der Waals surface area contributed by atoms with Gasteiger partial charge in [-0.15, -0.1) is 0 Å². The SMILES string of the molecule is CC(C)N(CC1CC1)c1cc(Cl)ncn1. The van der Waals surface area contributed by atoms with Crippen LogP contribution in [0.5, 0.6) is 0 Å². The van der Waals surface area contributed by atoms with Crippen LogP contribution in [0.1, 0.15) is 26.7 Å². The number of anilines is 1. The van der Waals surface area contributed by atoms with Crippen LogP contribution in [0.25, 0.3) is 0 Å². The molecule has 1 heterocycles. The van der Waals surface area contributed by atoms with E-state index < -0.39 is 0 Å². The van der Waals surface area contributed by atoms with Gasteiger partial charge in [0.2, 0.25) is 0 Å². The molecular formula is C11H16ClN3. The summed E-state index contributed by atoms with van der Waals surface area (Å²) in [5.41, 5.74) is 0. The lowest BCUT2D eigenvalue weighted by Crippen LogP contribution is -2.33. The molecule has 1 saturated carbocycles. The normalized spacial score (nSPS) is 15.7. The van der Waals surface area contributed by atoms with E-state index in [4.69, 9.17) is 11.6 Å². The van der Waals surface area contributed by atoms with Gasteiger partial charge in [-0.25, -0.2) is 9.97 Å². The lowest BCUT2D eigenvalue weighted by molar-refractivity contribution is 0.636. The Bertz CT molecular complexity index is 336. The Balaban J connectivity index is 2.15. The van der Waals surface area contributed by atoms with Crippen LogP contribution in [-0.2, 0) is 0 Å². The number of aromatic nitrogens is 2. The van der Waals surface area contributed by atoms with Gasteiger partial charge < -0.3 is 4.90 Å². The second-order valence-electron chi connectivity index (χ2n) is 4.39. The van der Waals surface area contributed by atoms with E-state index in [9.17, 15) is 0 Å². The standard InChI is InChI=1S/C11H16ClN3/c1-8(2)15(6-9-3-4-9)11-5-10(12)13-7-14-11/h5,7-9H,3-4,6H2,1-2H3. The fourth-order valence-electron chi connectivity index (χ4n) is 1.63. The highest BCUT2D eigenvalue weighted by Crippen LogP contribution is 2.31. The molecule has 0 atom stereocenters. The first kappa shape index (κ1) is 10.7. The average Bonchev–Trinajstić information content (AvgIpc) is 2.97. The Morgan fingerprint density at radius 2 is 2.20 bits per heavy atom. The van der Waals surface area contributed by atoms with Crippen molar-refractivity contribution in [2.75, 3.05) is 11.4 Å². The van der Waals surface area contributed by atoms with E-state index in [0.717, 1.165) is 18.3 Å². The molecule has 3 nitrogen and oxygen atoms in total. The summed E-state index contributed by atoms with van der Waals surface area (Å²) in [5.74, 6) is 1.79. The van der Waals surface area contributed by atoms with Crippen LogP contribution in [0.2, 0.25) is 5.15 Å². The molecule has 1 aromatic heterocycles. The summed E-state index contributed by atoms with van der Waals surface area (Å²) in [5, 5.41) is 0.515. The molecule has 0 aliphatic heterocycles.